The Balaban J connectivity index is 1.57. The lowest BCUT2D eigenvalue weighted by molar-refractivity contribution is 0.0761. The predicted molar refractivity (Wildman–Crippen MR) is 87.4 cm³/mol. The van der Waals surface area contributed by atoms with E-state index in [0.29, 0.717) is 17.8 Å². The van der Waals surface area contributed by atoms with Crippen LogP contribution in [0.4, 0.5) is 4.39 Å². The number of carbonyl (C=O) groups is 1. The number of carbonyl (C=O) groups excluding carboxylic acids is 1. The first kappa shape index (κ1) is 14.5. The second-order valence-corrected chi connectivity index (χ2v) is 5.71. The van der Waals surface area contributed by atoms with Crippen LogP contribution in [0.5, 0.6) is 0 Å². The van der Waals surface area contributed by atoms with Gasteiger partial charge in [-0.2, -0.15) is 0 Å². The molecule has 4 rings (SSSR count). The zero-order valence-corrected chi connectivity index (χ0v) is 12.8. The molecule has 1 amide bonds. The van der Waals surface area contributed by atoms with Crippen LogP contribution in [-0.4, -0.2) is 20.8 Å². The molecule has 0 saturated carbocycles. The number of hydrogen-bond donors (Lipinski definition) is 0. The summed E-state index contributed by atoms with van der Waals surface area (Å²) in [5.41, 5.74) is 3.54. The summed E-state index contributed by atoms with van der Waals surface area (Å²) in [4.78, 5) is 22.0. The van der Waals surface area contributed by atoms with Crippen molar-refractivity contribution in [3.8, 4) is 11.1 Å². The molecule has 5 heteroatoms. The molecular weight excluding hydrogens is 305 g/mol. The second kappa shape index (κ2) is 5.85. The molecule has 118 valence electrons. The van der Waals surface area contributed by atoms with E-state index in [1.807, 2.05) is 24.3 Å². The van der Waals surface area contributed by atoms with E-state index in [4.69, 9.17) is 0 Å². The number of pyridine rings is 2. The average molecular weight is 319 g/mol. The number of amides is 1. The monoisotopic (exact) mass is 319 g/mol. The molecule has 0 saturated heterocycles. The minimum Gasteiger partial charge on any atom is -0.328 e. The van der Waals surface area contributed by atoms with Crippen LogP contribution in [0.25, 0.3) is 11.1 Å². The zero-order valence-electron chi connectivity index (χ0n) is 12.8. The summed E-state index contributed by atoms with van der Waals surface area (Å²) in [6, 6.07) is 12.4. The van der Waals surface area contributed by atoms with Gasteiger partial charge in [0.05, 0.1) is 0 Å². The maximum atomic E-state index is 14.5. The van der Waals surface area contributed by atoms with E-state index in [-0.39, 0.29) is 18.3 Å². The van der Waals surface area contributed by atoms with Crippen molar-refractivity contribution in [3.63, 3.8) is 0 Å². The number of aromatic nitrogens is 2. The maximum absolute atomic E-state index is 14.5. The molecule has 1 aromatic carbocycles. The Morgan fingerprint density at radius 3 is 2.62 bits per heavy atom. The highest BCUT2D eigenvalue weighted by Crippen LogP contribution is 2.25. The lowest BCUT2D eigenvalue weighted by Crippen LogP contribution is -2.24. The van der Waals surface area contributed by atoms with Crippen LogP contribution in [0.1, 0.15) is 21.6 Å². The van der Waals surface area contributed by atoms with Crippen LogP contribution in [0.2, 0.25) is 0 Å². The third-order valence-electron chi connectivity index (χ3n) is 4.17. The zero-order chi connectivity index (χ0) is 16.5. The molecule has 0 fully saturated rings. The van der Waals surface area contributed by atoms with E-state index in [9.17, 15) is 9.18 Å². The second-order valence-electron chi connectivity index (χ2n) is 5.71. The van der Waals surface area contributed by atoms with E-state index in [0.717, 1.165) is 16.7 Å². The van der Waals surface area contributed by atoms with Gasteiger partial charge in [0.15, 0.2) is 0 Å². The van der Waals surface area contributed by atoms with Gasteiger partial charge in [-0.05, 0) is 35.4 Å². The van der Waals surface area contributed by atoms with E-state index in [2.05, 4.69) is 9.97 Å². The summed E-state index contributed by atoms with van der Waals surface area (Å²) in [6.45, 7) is 0.700. The molecule has 1 aliphatic heterocycles. The fourth-order valence-corrected chi connectivity index (χ4v) is 2.92. The summed E-state index contributed by atoms with van der Waals surface area (Å²) < 4.78 is 14.5. The van der Waals surface area contributed by atoms with Gasteiger partial charge in [-0.1, -0.05) is 18.2 Å². The van der Waals surface area contributed by atoms with Crippen LogP contribution in [0.15, 0.2) is 61.1 Å². The van der Waals surface area contributed by atoms with Crippen LogP contribution in [0, 0.1) is 5.82 Å². The Hall–Kier alpha value is -3.08. The molecule has 4 nitrogen and oxygen atoms in total. The van der Waals surface area contributed by atoms with Crippen LogP contribution >= 0.6 is 0 Å². The lowest BCUT2D eigenvalue weighted by Gasteiger charge is -2.16. The normalized spacial score (nSPS) is 13.2. The Kier molecular flexibility index (Phi) is 3.54. The molecule has 0 radical (unpaired) electrons. The number of halogens is 1. The number of hydrogen-bond acceptors (Lipinski definition) is 3. The largest absolute Gasteiger partial charge is 0.328 e. The molecule has 0 spiro atoms. The summed E-state index contributed by atoms with van der Waals surface area (Å²) >= 11 is 0. The summed E-state index contributed by atoms with van der Waals surface area (Å²) in [7, 11) is 0. The highest BCUT2D eigenvalue weighted by Gasteiger charge is 2.28. The summed E-state index contributed by atoms with van der Waals surface area (Å²) in [6.07, 6.45) is 4.95. The number of fused-ring (bicyclic) bond motifs is 1. The number of nitrogens with zero attached hydrogens (tertiary/aromatic N) is 3. The van der Waals surface area contributed by atoms with E-state index in [1.165, 1.54) is 6.07 Å². The molecule has 3 aromatic rings. The summed E-state index contributed by atoms with van der Waals surface area (Å²) in [5.74, 6) is -0.468. The topological polar surface area (TPSA) is 46.1 Å². The molecule has 0 bridgehead atoms. The van der Waals surface area contributed by atoms with Crippen molar-refractivity contribution >= 4 is 5.91 Å². The number of benzene rings is 1. The fourth-order valence-electron chi connectivity index (χ4n) is 2.92. The van der Waals surface area contributed by atoms with Crippen molar-refractivity contribution < 1.29 is 9.18 Å². The number of rotatable bonds is 3. The minimum atomic E-state index is -0.318. The highest BCUT2D eigenvalue weighted by molar-refractivity contribution is 5.96. The van der Waals surface area contributed by atoms with Crippen molar-refractivity contribution in [1.29, 1.82) is 0 Å². The molecule has 3 heterocycles. The van der Waals surface area contributed by atoms with Crippen LogP contribution in [0.3, 0.4) is 0 Å². The molecule has 0 unspecified atom stereocenters. The molecular formula is C19H14FN3O. The summed E-state index contributed by atoms with van der Waals surface area (Å²) in [5, 5.41) is 0. The molecule has 0 atom stereocenters. The quantitative estimate of drug-likeness (QED) is 0.743. The van der Waals surface area contributed by atoms with Gasteiger partial charge in [-0.3, -0.25) is 14.8 Å². The van der Waals surface area contributed by atoms with Crippen LogP contribution in [-0.2, 0) is 13.1 Å². The van der Waals surface area contributed by atoms with Gasteiger partial charge < -0.3 is 4.90 Å². The third kappa shape index (κ3) is 2.54. The van der Waals surface area contributed by atoms with Gasteiger partial charge in [0.1, 0.15) is 11.5 Å². The van der Waals surface area contributed by atoms with Crippen molar-refractivity contribution in [1.82, 2.24) is 14.9 Å². The van der Waals surface area contributed by atoms with Gasteiger partial charge in [-0.15, -0.1) is 0 Å². The van der Waals surface area contributed by atoms with E-state index in [1.54, 1.807) is 35.6 Å². The van der Waals surface area contributed by atoms with Gasteiger partial charge in [-0.25, -0.2) is 4.39 Å². The molecule has 1 aliphatic rings. The third-order valence-corrected chi connectivity index (χ3v) is 4.17. The predicted octanol–water partition coefficient (Wildman–Crippen LogP) is 3.44. The lowest BCUT2D eigenvalue weighted by atomic mass is 10.0. The fraction of sp³-hybridized carbons (Fsp3) is 0.105. The Bertz CT molecular complexity index is 911. The van der Waals surface area contributed by atoms with Gasteiger partial charge in [0.25, 0.3) is 5.91 Å². The molecule has 0 N–H and O–H groups in total. The van der Waals surface area contributed by atoms with Crippen molar-refractivity contribution in [2.75, 3.05) is 0 Å². The van der Waals surface area contributed by atoms with Crippen LogP contribution < -0.4 is 0 Å². The minimum absolute atomic E-state index is 0.150. The standard InChI is InChI=1S/C19H14FN3O/c20-17-10-14(13-5-8-21-9-6-13)3-4-15(17)11-23-12-16-2-1-7-22-18(16)19(23)24/h1-10H,11-12H2. The Morgan fingerprint density at radius 1 is 1.04 bits per heavy atom. The smallest absolute Gasteiger partial charge is 0.273 e. The Morgan fingerprint density at radius 2 is 1.88 bits per heavy atom. The maximum Gasteiger partial charge on any atom is 0.273 e. The Labute approximate surface area is 138 Å². The molecule has 0 aliphatic carbocycles. The highest BCUT2D eigenvalue weighted by atomic mass is 19.1. The first-order valence-corrected chi connectivity index (χ1v) is 7.64. The first-order chi connectivity index (χ1) is 11.7. The van der Waals surface area contributed by atoms with E-state index >= 15 is 0 Å². The van der Waals surface area contributed by atoms with Gasteiger partial charge in [0, 0.05) is 42.8 Å². The molecule has 24 heavy (non-hydrogen) atoms. The van der Waals surface area contributed by atoms with Crippen molar-refractivity contribution in [2.45, 2.75) is 13.1 Å². The van der Waals surface area contributed by atoms with Crippen molar-refractivity contribution in [3.05, 3.63) is 83.7 Å². The SMILES string of the molecule is O=C1c2ncccc2CN1Cc1ccc(-c2ccncc2)cc1F. The first-order valence-electron chi connectivity index (χ1n) is 7.64. The average Bonchev–Trinajstić information content (AvgIpc) is 2.94. The van der Waals surface area contributed by atoms with E-state index < -0.39 is 0 Å². The van der Waals surface area contributed by atoms with Gasteiger partial charge in [0.2, 0.25) is 0 Å². The molecule has 2 aromatic heterocycles. The van der Waals surface area contributed by atoms with Crippen molar-refractivity contribution in [2.24, 2.45) is 0 Å². The van der Waals surface area contributed by atoms with Gasteiger partial charge >= 0.3 is 0 Å².